The van der Waals surface area contributed by atoms with Crippen LogP contribution in [0.1, 0.15) is 65.1 Å². The van der Waals surface area contributed by atoms with Gasteiger partial charge in [-0.15, -0.1) is 0 Å². The van der Waals surface area contributed by atoms with Gasteiger partial charge in [-0.3, -0.25) is 9.79 Å². The molecule has 2 fully saturated rings. The number of fused-ring (bicyclic) bond motifs is 9. The lowest BCUT2D eigenvalue weighted by atomic mass is 9.41. The molecule has 0 saturated heterocycles. The van der Waals surface area contributed by atoms with Crippen molar-refractivity contribution >= 4 is 22.5 Å². The summed E-state index contributed by atoms with van der Waals surface area (Å²) in [7, 11) is 3.25. The standard InChI is InChI=1S/C36H51N3O7/c1-22(2)45-35-13-12-33(4)34(5)24(18-26-25-10-8-9-11-27(25)39-32(26)34)19-30(44-21-31(40)38-15-17-43-7)36(33,41)29(35)20-28(23(3)46-35)37-14-16-42-6/h8-11,20,22-24,30,39,41H,12-19,21H2,1-7H3,(H,38,40)/t23?,24?,30-,33?,34+,35+,36-/m0/s1. The maximum Gasteiger partial charge on any atom is 0.246 e. The molecular weight excluding hydrogens is 586 g/mol. The van der Waals surface area contributed by atoms with Gasteiger partial charge in [0.1, 0.15) is 12.2 Å². The number of hydrogen-bond acceptors (Lipinski definition) is 8. The molecule has 7 atom stereocenters. The quantitative estimate of drug-likeness (QED) is 0.315. The first-order chi connectivity index (χ1) is 21.9. The second-order valence-electron chi connectivity index (χ2n) is 14.1. The molecule has 1 aromatic carbocycles. The van der Waals surface area contributed by atoms with Gasteiger partial charge in [-0.25, -0.2) is 0 Å². The topological polar surface area (TPSA) is 124 Å². The number of H-pyrrole nitrogens is 1. The fourth-order valence-electron chi connectivity index (χ4n) is 9.13. The van der Waals surface area contributed by atoms with E-state index in [4.69, 9.17) is 28.7 Å². The van der Waals surface area contributed by atoms with Gasteiger partial charge in [0.15, 0.2) is 5.79 Å². The minimum atomic E-state index is -1.56. The number of rotatable bonds is 11. The monoisotopic (exact) mass is 637 g/mol. The van der Waals surface area contributed by atoms with E-state index in [-0.39, 0.29) is 30.6 Å². The number of carbonyl (C=O) groups is 1. The molecule has 6 rings (SSSR count). The SMILES string of the molecule is COCCN=C1C=C2[C@@](OC(C)C)(CCC3(C)[C@@]4(C)c5[nH]c6ccccc6c5CC4C[C@H](OCC(=O)NCCOC)[C@@]23O)OC1C. The van der Waals surface area contributed by atoms with E-state index < -0.39 is 28.3 Å². The maximum absolute atomic E-state index is 13.7. The Morgan fingerprint density at radius 1 is 1.17 bits per heavy atom. The van der Waals surface area contributed by atoms with E-state index in [2.05, 4.69) is 48.4 Å². The molecular formula is C36H51N3O7. The third-order valence-electron chi connectivity index (χ3n) is 11.5. The van der Waals surface area contributed by atoms with Crippen molar-refractivity contribution in [1.82, 2.24) is 10.3 Å². The van der Waals surface area contributed by atoms with Crippen LogP contribution in [-0.2, 0) is 40.3 Å². The van der Waals surface area contributed by atoms with Crippen LogP contribution in [0.15, 0.2) is 40.9 Å². The number of hydrogen-bond donors (Lipinski definition) is 3. The van der Waals surface area contributed by atoms with Gasteiger partial charge in [0.2, 0.25) is 5.91 Å². The van der Waals surface area contributed by atoms with Gasteiger partial charge in [0.25, 0.3) is 0 Å². The number of aromatic amines is 1. The Morgan fingerprint density at radius 2 is 1.93 bits per heavy atom. The number of aliphatic imine (C=N–C) groups is 1. The predicted molar refractivity (Wildman–Crippen MR) is 176 cm³/mol. The summed E-state index contributed by atoms with van der Waals surface area (Å²) in [5, 5.41) is 17.8. The summed E-state index contributed by atoms with van der Waals surface area (Å²) in [5.74, 6) is -1.24. The Labute approximate surface area is 272 Å². The normalized spacial score (nSPS) is 35.9. The second kappa shape index (κ2) is 12.5. The number of nitrogens with zero attached hydrogens (tertiary/aromatic N) is 1. The number of aromatic nitrogens is 1. The van der Waals surface area contributed by atoms with E-state index >= 15 is 0 Å². The van der Waals surface area contributed by atoms with Gasteiger partial charge >= 0.3 is 0 Å². The molecule has 2 aromatic rings. The zero-order valence-corrected chi connectivity index (χ0v) is 28.4. The molecule has 2 heterocycles. The Morgan fingerprint density at radius 3 is 2.67 bits per heavy atom. The molecule has 2 saturated carbocycles. The summed E-state index contributed by atoms with van der Waals surface area (Å²) in [6, 6.07) is 8.45. The average Bonchev–Trinajstić information content (AvgIpc) is 3.52. The van der Waals surface area contributed by atoms with Crippen molar-refractivity contribution in [2.75, 3.05) is 47.1 Å². The van der Waals surface area contributed by atoms with E-state index in [0.29, 0.717) is 51.1 Å². The molecule has 252 valence electrons. The zero-order valence-electron chi connectivity index (χ0n) is 28.4. The van der Waals surface area contributed by atoms with E-state index in [1.54, 1.807) is 14.2 Å². The molecule has 10 nitrogen and oxygen atoms in total. The summed E-state index contributed by atoms with van der Waals surface area (Å²) in [4.78, 5) is 21.6. The van der Waals surface area contributed by atoms with Gasteiger partial charge in [0.05, 0.1) is 43.8 Å². The van der Waals surface area contributed by atoms with Gasteiger partial charge in [-0.1, -0.05) is 32.0 Å². The summed E-state index contributed by atoms with van der Waals surface area (Å²) < 4.78 is 30.5. The van der Waals surface area contributed by atoms with Crippen LogP contribution in [0.3, 0.4) is 0 Å². The fraction of sp³-hybridized carbons (Fsp3) is 0.667. The molecule has 3 unspecified atom stereocenters. The van der Waals surface area contributed by atoms with Crippen LogP contribution in [0.4, 0.5) is 0 Å². The first-order valence-electron chi connectivity index (χ1n) is 16.8. The molecule has 1 aliphatic heterocycles. The first-order valence-corrected chi connectivity index (χ1v) is 16.8. The van der Waals surface area contributed by atoms with Crippen LogP contribution < -0.4 is 5.32 Å². The first kappa shape index (κ1) is 33.3. The molecule has 1 aromatic heterocycles. The van der Waals surface area contributed by atoms with Crippen LogP contribution >= 0.6 is 0 Å². The molecule has 46 heavy (non-hydrogen) atoms. The number of para-hydroxylation sites is 1. The highest BCUT2D eigenvalue weighted by Gasteiger charge is 2.76. The van der Waals surface area contributed by atoms with E-state index in [9.17, 15) is 9.90 Å². The minimum absolute atomic E-state index is 0.166. The highest BCUT2D eigenvalue weighted by atomic mass is 16.7. The number of benzene rings is 1. The van der Waals surface area contributed by atoms with Crippen molar-refractivity contribution in [3.63, 3.8) is 0 Å². The molecule has 3 N–H and O–H groups in total. The van der Waals surface area contributed by atoms with Crippen LogP contribution in [0.25, 0.3) is 10.9 Å². The van der Waals surface area contributed by atoms with Gasteiger partial charge in [0, 0.05) is 60.2 Å². The number of amides is 1. The summed E-state index contributed by atoms with van der Waals surface area (Å²) in [5.41, 5.74) is 2.26. The maximum atomic E-state index is 13.7. The Kier molecular flexibility index (Phi) is 9.01. The highest BCUT2D eigenvalue weighted by molar-refractivity contribution is 6.00. The van der Waals surface area contributed by atoms with Crippen molar-refractivity contribution in [3.05, 3.63) is 47.2 Å². The van der Waals surface area contributed by atoms with Crippen molar-refractivity contribution in [1.29, 1.82) is 0 Å². The van der Waals surface area contributed by atoms with Gasteiger partial charge in [-0.05, 0) is 63.7 Å². The number of aliphatic hydroxyl groups is 1. The molecule has 3 aliphatic carbocycles. The number of nitrogens with one attached hydrogen (secondary N) is 2. The summed E-state index contributed by atoms with van der Waals surface area (Å²) in [6.45, 7) is 12.0. The molecule has 0 spiro atoms. The van der Waals surface area contributed by atoms with E-state index in [1.807, 2.05) is 26.8 Å². The second-order valence-corrected chi connectivity index (χ2v) is 14.1. The average molecular weight is 638 g/mol. The minimum Gasteiger partial charge on any atom is -0.383 e. The van der Waals surface area contributed by atoms with Gasteiger partial charge in [-0.2, -0.15) is 0 Å². The molecule has 0 radical (unpaired) electrons. The summed E-state index contributed by atoms with van der Waals surface area (Å²) >= 11 is 0. The smallest absolute Gasteiger partial charge is 0.246 e. The van der Waals surface area contributed by atoms with Crippen molar-refractivity contribution < 1.29 is 33.6 Å². The number of ether oxygens (including phenoxy) is 5. The lowest BCUT2D eigenvalue weighted by Crippen LogP contribution is -2.75. The molecule has 1 amide bonds. The lowest BCUT2D eigenvalue weighted by Gasteiger charge is -2.68. The molecule has 10 heteroatoms. The van der Waals surface area contributed by atoms with Crippen molar-refractivity contribution in [3.8, 4) is 0 Å². The zero-order chi connectivity index (χ0) is 32.9. The Hall–Kier alpha value is -2.60. The van der Waals surface area contributed by atoms with Crippen molar-refractivity contribution in [2.45, 2.75) is 95.4 Å². The summed E-state index contributed by atoms with van der Waals surface area (Å²) in [6.07, 6.45) is 3.40. The third-order valence-corrected chi connectivity index (χ3v) is 11.5. The predicted octanol–water partition coefficient (Wildman–Crippen LogP) is 4.23. The van der Waals surface area contributed by atoms with Crippen LogP contribution in [0.5, 0.6) is 0 Å². The van der Waals surface area contributed by atoms with Crippen LogP contribution in [0, 0.1) is 11.3 Å². The number of methoxy groups -OCH3 is 2. The van der Waals surface area contributed by atoms with Crippen LogP contribution in [-0.4, -0.2) is 98.5 Å². The third kappa shape index (κ3) is 4.99. The fourth-order valence-corrected chi connectivity index (χ4v) is 9.13. The Balaban J connectivity index is 1.51. The largest absolute Gasteiger partial charge is 0.383 e. The molecule has 4 aliphatic rings. The Bertz CT molecular complexity index is 1520. The van der Waals surface area contributed by atoms with Gasteiger partial charge < -0.3 is 39.1 Å². The van der Waals surface area contributed by atoms with E-state index in [1.165, 1.54) is 16.6 Å². The van der Waals surface area contributed by atoms with Crippen LogP contribution in [0.2, 0.25) is 0 Å². The lowest BCUT2D eigenvalue weighted by molar-refractivity contribution is -0.311. The molecule has 0 bridgehead atoms. The van der Waals surface area contributed by atoms with E-state index in [0.717, 1.165) is 17.6 Å². The number of carbonyl (C=O) groups excluding carboxylic acids is 1. The van der Waals surface area contributed by atoms with Crippen molar-refractivity contribution in [2.24, 2.45) is 16.3 Å². The highest BCUT2D eigenvalue weighted by Crippen LogP contribution is 2.71.